The van der Waals surface area contributed by atoms with Crippen LogP contribution in [0.3, 0.4) is 0 Å². The van der Waals surface area contributed by atoms with Crippen LogP contribution in [-0.2, 0) is 4.74 Å². The van der Waals surface area contributed by atoms with E-state index in [0.717, 1.165) is 0 Å². The predicted octanol–water partition coefficient (Wildman–Crippen LogP) is 2.20. The number of benzene rings is 1. The van der Waals surface area contributed by atoms with Gasteiger partial charge in [-0.3, -0.25) is 10.9 Å². The standard InChI is InChI=1S/C14H19ClN4O3/c1-22-14(21)19-8-6-10(7-9-19)16-13(20)18-17-12-5-3-2-4-11(12)15/h2-5,10,17H,6-9H2,1H3,(H2,16,18,20). The summed E-state index contributed by atoms with van der Waals surface area (Å²) in [4.78, 5) is 24.8. The van der Waals surface area contributed by atoms with Crippen LogP contribution in [-0.4, -0.2) is 43.3 Å². The number of anilines is 1. The Kier molecular flexibility index (Phi) is 5.71. The Hall–Kier alpha value is -2.15. The second-order valence-electron chi connectivity index (χ2n) is 4.93. The number of likely N-dealkylation sites (tertiary alicyclic amines) is 1. The summed E-state index contributed by atoms with van der Waals surface area (Å²) in [5.41, 5.74) is 5.93. The molecule has 1 aromatic rings. The van der Waals surface area contributed by atoms with Crippen molar-refractivity contribution in [2.45, 2.75) is 18.9 Å². The van der Waals surface area contributed by atoms with Crippen molar-refractivity contribution >= 4 is 29.4 Å². The number of amides is 3. The lowest BCUT2D eigenvalue weighted by Crippen LogP contribution is -2.50. The van der Waals surface area contributed by atoms with E-state index in [4.69, 9.17) is 11.6 Å². The van der Waals surface area contributed by atoms with Gasteiger partial charge in [0.15, 0.2) is 0 Å². The second kappa shape index (κ2) is 7.74. The highest BCUT2D eigenvalue weighted by Crippen LogP contribution is 2.19. The number of piperidine rings is 1. The molecule has 22 heavy (non-hydrogen) atoms. The van der Waals surface area contributed by atoms with Gasteiger partial charge in [0.05, 0.1) is 17.8 Å². The fraction of sp³-hybridized carbons (Fsp3) is 0.429. The van der Waals surface area contributed by atoms with E-state index in [9.17, 15) is 9.59 Å². The maximum absolute atomic E-state index is 11.8. The van der Waals surface area contributed by atoms with Crippen molar-refractivity contribution in [2.75, 3.05) is 25.6 Å². The Morgan fingerprint density at radius 2 is 1.95 bits per heavy atom. The first-order valence-corrected chi connectivity index (χ1v) is 7.38. The Morgan fingerprint density at radius 3 is 2.59 bits per heavy atom. The number of hydrogen-bond acceptors (Lipinski definition) is 4. The summed E-state index contributed by atoms with van der Waals surface area (Å²) < 4.78 is 4.67. The van der Waals surface area contributed by atoms with Gasteiger partial charge in [0, 0.05) is 19.1 Å². The molecule has 0 aromatic heterocycles. The first-order valence-electron chi connectivity index (χ1n) is 7.00. The average Bonchev–Trinajstić information content (AvgIpc) is 2.54. The second-order valence-corrected chi connectivity index (χ2v) is 5.34. The van der Waals surface area contributed by atoms with E-state index in [0.29, 0.717) is 36.6 Å². The molecule has 3 N–H and O–H groups in total. The molecule has 3 amide bonds. The third-order valence-corrected chi connectivity index (χ3v) is 3.78. The highest BCUT2D eigenvalue weighted by molar-refractivity contribution is 6.33. The van der Waals surface area contributed by atoms with Crippen molar-refractivity contribution in [3.8, 4) is 0 Å². The fourth-order valence-corrected chi connectivity index (χ4v) is 2.43. The minimum absolute atomic E-state index is 0.0222. The lowest BCUT2D eigenvalue weighted by Gasteiger charge is -2.31. The highest BCUT2D eigenvalue weighted by atomic mass is 35.5. The maximum Gasteiger partial charge on any atom is 0.409 e. The van der Waals surface area contributed by atoms with Crippen molar-refractivity contribution in [2.24, 2.45) is 0 Å². The largest absolute Gasteiger partial charge is 0.453 e. The molecule has 1 aromatic carbocycles. The summed E-state index contributed by atoms with van der Waals surface area (Å²) in [5.74, 6) is 0. The molecule has 0 bridgehead atoms. The molecule has 0 unspecified atom stereocenters. The van der Waals surface area contributed by atoms with E-state index in [1.165, 1.54) is 7.11 Å². The third-order valence-electron chi connectivity index (χ3n) is 3.45. The highest BCUT2D eigenvalue weighted by Gasteiger charge is 2.24. The minimum atomic E-state index is -0.337. The summed E-state index contributed by atoms with van der Waals surface area (Å²) >= 11 is 5.98. The van der Waals surface area contributed by atoms with Crippen LogP contribution in [0.2, 0.25) is 5.02 Å². The zero-order valence-electron chi connectivity index (χ0n) is 12.3. The van der Waals surface area contributed by atoms with Crippen LogP contribution in [0.1, 0.15) is 12.8 Å². The van der Waals surface area contributed by atoms with E-state index in [1.807, 2.05) is 12.1 Å². The minimum Gasteiger partial charge on any atom is -0.453 e. The number of hydrogen-bond donors (Lipinski definition) is 3. The number of methoxy groups -OCH3 is 1. The molecule has 1 aliphatic rings. The Labute approximate surface area is 133 Å². The molecule has 0 spiro atoms. The molecule has 1 fully saturated rings. The van der Waals surface area contributed by atoms with Gasteiger partial charge in [-0.25, -0.2) is 9.59 Å². The molecule has 120 valence electrons. The van der Waals surface area contributed by atoms with Gasteiger partial charge in [0.1, 0.15) is 0 Å². The molecule has 2 rings (SSSR count). The quantitative estimate of drug-likeness (QED) is 0.744. The van der Waals surface area contributed by atoms with E-state index >= 15 is 0 Å². The van der Waals surface area contributed by atoms with Crippen molar-refractivity contribution in [1.29, 1.82) is 0 Å². The van der Waals surface area contributed by atoms with Crippen LogP contribution < -0.4 is 16.2 Å². The zero-order valence-corrected chi connectivity index (χ0v) is 13.0. The van der Waals surface area contributed by atoms with E-state index in [2.05, 4.69) is 20.9 Å². The maximum atomic E-state index is 11.8. The van der Waals surface area contributed by atoms with Gasteiger partial charge in [-0.1, -0.05) is 23.7 Å². The summed E-state index contributed by atoms with van der Waals surface area (Å²) in [6.07, 6.45) is 1.05. The summed E-state index contributed by atoms with van der Waals surface area (Å²) in [7, 11) is 1.36. The Morgan fingerprint density at radius 1 is 1.27 bits per heavy atom. The lowest BCUT2D eigenvalue weighted by atomic mass is 10.1. The number of rotatable bonds is 3. The fourth-order valence-electron chi connectivity index (χ4n) is 2.24. The van der Waals surface area contributed by atoms with Crippen LogP contribution in [0.15, 0.2) is 24.3 Å². The molecule has 0 aliphatic carbocycles. The van der Waals surface area contributed by atoms with Crippen LogP contribution in [0.4, 0.5) is 15.3 Å². The lowest BCUT2D eigenvalue weighted by molar-refractivity contribution is 0.110. The number of ether oxygens (including phenoxy) is 1. The molecule has 7 nitrogen and oxygen atoms in total. The van der Waals surface area contributed by atoms with Crippen molar-refractivity contribution < 1.29 is 14.3 Å². The number of nitrogens with zero attached hydrogens (tertiary/aromatic N) is 1. The van der Waals surface area contributed by atoms with Gasteiger partial charge in [-0.2, -0.15) is 0 Å². The average molecular weight is 327 g/mol. The van der Waals surface area contributed by atoms with Gasteiger partial charge < -0.3 is 15.0 Å². The number of halogens is 1. The SMILES string of the molecule is COC(=O)N1CCC(NC(=O)NNc2ccccc2Cl)CC1. The van der Waals surface area contributed by atoms with Crippen LogP contribution in [0.25, 0.3) is 0 Å². The molecular formula is C14H19ClN4O3. The molecule has 0 radical (unpaired) electrons. The third kappa shape index (κ3) is 4.42. The van der Waals surface area contributed by atoms with E-state index in [1.54, 1.807) is 17.0 Å². The van der Waals surface area contributed by atoms with Crippen LogP contribution >= 0.6 is 11.6 Å². The predicted molar refractivity (Wildman–Crippen MR) is 83.7 cm³/mol. The van der Waals surface area contributed by atoms with Gasteiger partial charge in [0.2, 0.25) is 0 Å². The molecular weight excluding hydrogens is 308 g/mol. The smallest absolute Gasteiger partial charge is 0.409 e. The molecule has 0 saturated carbocycles. The van der Waals surface area contributed by atoms with Gasteiger partial charge >= 0.3 is 12.1 Å². The topological polar surface area (TPSA) is 82.7 Å². The molecule has 1 aliphatic heterocycles. The Balaban J connectivity index is 1.72. The van der Waals surface area contributed by atoms with E-state index < -0.39 is 0 Å². The van der Waals surface area contributed by atoms with Gasteiger partial charge in [-0.05, 0) is 25.0 Å². The van der Waals surface area contributed by atoms with Crippen LogP contribution in [0, 0.1) is 0 Å². The number of nitrogens with one attached hydrogen (secondary N) is 3. The van der Waals surface area contributed by atoms with Crippen LogP contribution in [0.5, 0.6) is 0 Å². The Bertz CT molecular complexity index is 533. The number of carbonyl (C=O) groups is 2. The number of hydrazine groups is 1. The first-order chi connectivity index (χ1) is 10.6. The first kappa shape index (κ1) is 16.2. The van der Waals surface area contributed by atoms with E-state index in [-0.39, 0.29) is 18.2 Å². The summed E-state index contributed by atoms with van der Waals surface area (Å²) in [6, 6.07) is 6.80. The number of para-hydroxylation sites is 1. The van der Waals surface area contributed by atoms with Crippen molar-refractivity contribution in [1.82, 2.24) is 15.6 Å². The number of urea groups is 1. The van der Waals surface area contributed by atoms with Crippen molar-refractivity contribution in [3.05, 3.63) is 29.3 Å². The number of carbonyl (C=O) groups excluding carboxylic acids is 2. The molecule has 1 heterocycles. The molecule has 1 saturated heterocycles. The molecule has 8 heteroatoms. The normalized spacial score (nSPS) is 15.1. The summed E-state index contributed by atoms with van der Waals surface area (Å²) in [5, 5.41) is 3.37. The van der Waals surface area contributed by atoms with Gasteiger partial charge in [0.25, 0.3) is 0 Å². The molecule has 0 atom stereocenters. The van der Waals surface area contributed by atoms with Crippen molar-refractivity contribution in [3.63, 3.8) is 0 Å². The zero-order chi connectivity index (χ0) is 15.9. The monoisotopic (exact) mass is 326 g/mol. The van der Waals surface area contributed by atoms with Gasteiger partial charge in [-0.15, -0.1) is 0 Å². The summed E-state index contributed by atoms with van der Waals surface area (Å²) in [6.45, 7) is 1.13.